The number of nitrogens with one attached hydrogen (secondary N) is 1. The van der Waals surface area contributed by atoms with Gasteiger partial charge in [-0.2, -0.15) is 0 Å². The molecule has 0 aromatic heterocycles. The first-order chi connectivity index (χ1) is 3.83. The second-order valence-electron chi connectivity index (χ2n) is 2.49. The lowest BCUT2D eigenvalue weighted by molar-refractivity contribution is -0.109. The van der Waals surface area contributed by atoms with Crippen molar-refractivity contribution in [2.75, 3.05) is 6.54 Å². The van der Waals surface area contributed by atoms with Crippen molar-refractivity contribution < 1.29 is 4.79 Å². The van der Waals surface area contributed by atoms with Crippen molar-refractivity contribution in [3.8, 4) is 0 Å². The zero-order chi connectivity index (χ0) is 5.98. The van der Waals surface area contributed by atoms with Gasteiger partial charge in [-0.05, 0) is 18.9 Å². The molecule has 2 nitrogen and oxygen atoms in total. The molecule has 1 fully saturated rings. The van der Waals surface area contributed by atoms with Crippen molar-refractivity contribution in [3.63, 3.8) is 0 Å². The monoisotopic (exact) mass is 113 g/mol. The maximum atomic E-state index is 10.1. The predicted molar refractivity (Wildman–Crippen MR) is 31.6 cm³/mol. The van der Waals surface area contributed by atoms with Crippen LogP contribution in [0.1, 0.15) is 13.3 Å². The molecule has 0 aliphatic carbocycles. The van der Waals surface area contributed by atoms with Gasteiger partial charge in [0.05, 0.1) is 6.04 Å². The molecule has 0 radical (unpaired) electrons. The summed E-state index contributed by atoms with van der Waals surface area (Å²) >= 11 is 0. The average molecular weight is 113 g/mol. The van der Waals surface area contributed by atoms with E-state index in [1.165, 1.54) is 0 Å². The highest BCUT2D eigenvalue weighted by atomic mass is 16.1. The largest absolute Gasteiger partial charge is 0.307 e. The fourth-order valence-corrected chi connectivity index (χ4v) is 1.06. The minimum absolute atomic E-state index is 0.144. The number of carbonyl (C=O) groups is 1. The SMILES string of the molecule is C[C@@H]1CN[C@@H](C=O)C1. The number of carbonyl (C=O) groups excluding carboxylic acids is 1. The van der Waals surface area contributed by atoms with Gasteiger partial charge >= 0.3 is 0 Å². The van der Waals surface area contributed by atoms with E-state index in [1.807, 2.05) is 0 Å². The van der Waals surface area contributed by atoms with Crippen LogP contribution in [0.25, 0.3) is 0 Å². The summed E-state index contributed by atoms with van der Waals surface area (Å²) in [5, 5.41) is 3.09. The number of hydrogen-bond donors (Lipinski definition) is 1. The first-order valence-corrected chi connectivity index (χ1v) is 3.01. The van der Waals surface area contributed by atoms with Crippen molar-refractivity contribution >= 4 is 6.29 Å². The second kappa shape index (κ2) is 2.27. The fourth-order valence-electron chi connectivity index (χ4n) is 1.06. The van der Waals surface area contributed by atoms with E-state index in [9.17, 15) is 4.79 Å². The molecule has 0 unspecified atom stereocenters. The van der Waals surface area contributed by atoms with Gasteiger partial charge in [-0.1, -0.05) is 6.92 Å². The lowest BCUT2D eigenvalue weighted by atomic mass is 10.1. The highest BCUT2D eigenvalue weighted by molar-refractivity contribution is 5.58. The van der Waals surface area contributed by atoms with E-state index in [1.54, 1.807) is 0 Å². The minimum atomic E-state index is 0.144. The van der Waals surface area contributed by atoms with E-state index in [0.29, 0.717) is 5.92 Å². The lowest BCUT2D eigenvalue weighted by Crippen LogP contribution is -2.22. The number of aldehydes is 1. The first-order valence-electron chi connectivity index (χ1n) is 3.01. The molecule has 0 aromatic rings. The molecule has 1 aliphatic rings. The van der Waals surface area contributed by atoms with Gasteiger partial charge in [0.25, 0.3) is 0 Å². The standard InChI is InChI=1S/C6H11NO/c1-5-2-6(4-8)7-3-5/h4-7H,2-3H2,1H3/t5-,6+/m0/s1. The third kappa shape index (κ3) is 1.07. The van der Waals surface area contributed by atoms with E-state index < -0.39 is 0 Å². The molecule has 1 N–H and O–H groups in total. The molecule has 0 spiro atoms. The molecule has 8 heavy (non-hydrogen) atoms. The molecule has 1 heterocycles. The minimum Gasteiger partial charge on any atom is -0.307 e. The lowest BCUT2D eigenvalue weighted by Gasteiger charge is -1.94. The van der Waals surface area contributed by atoms with E-state index >= 15 is 0 Å². The van der Waals surface area contributed by atoms with Crippen molar-refractivity contribution in [2.24, 2.45) is 5.92 Å². The molecule has 2 heteroatoms. The Hall–Kier alpha value is -0.370. The molecule has 0 bridgehead atoms. The zero-order valence-electron chi connectivity index (χ0n) is 5.05. The number of rotatable bonds is 1. The normalized spacial score (nSPS) is 37.6. The Morgan fingerprint density at radius 3 is 2.75 bits per heavy atom. The molecular weight excluding hydrogens is 102 g/mol. The maximum absolute atomic E-state index is 10.1. The molecule has 0 saturated carbocycles. The molecule has 46 valence electrons. The molecular formula is C6H11NO. The molecule has 2 atom stereocenters. The topological polar surface area (TPSA) is 29.1 Å². The summed E-state index contributed by atoms with van der Waals surface area (Å²) in [5.41, 5.74) is 0. The van der Waals surface area contributed by atoms with Crippen LogP contribution in [0.2, 0.25) is 0 Å². The van der Waals surface area contributed by atoms with E-state index in [-0.39, 0.29) is 6.04 Å². The van der Waals surface area contributed by atoms with Crippen LogP contribution in [0, 0.1) is 5.92 Å². The quantitative estimate of drug-likeness (QED) is 0.491. The van der Waals surface area contributed by atoms with Gasteiger partial charge in [0.15, 0.2) is 0 Å². The summed E-state index contributed by atoms with van der Waals surface area (Å²) in [5.74, 6) is 0.685. The fraction of sp³-hybridized carbons (Fsp3) is 0.833. The van der Waals surface area contributed by atoms with Gasteiger partial charge in [0.1, 0.15) is 6.29 Å². The summed E-state index contributed by atoms with van der Waals surface area (Å²) in [7, 11) is 0. The van der Waals surface area contributed by atoms with Crippen molar-refractivity contribution in [2.45, 2.75) is 19.4 Å². The van der Waals surface area contributed by atoms with Crippen LogP contribution in [0.15, 0.2) is 0 Å². The van der Waals surface area contributed by atoms with Crippen LogP contribution in [0.4, 0.5) is 0 Å². The predicted octanol–water partition coefficient (Wildman–Crippen LogP) is 0.183. The van der Waals surface area contributed by atoms with E-state index in [2.05, 4.69) is 12.2 Å². The smallest absolute Gasteiger partial charge is 0.136 e. The summed E-state index contributed by atoms with van der Waals surface area (Å²) in [6.07, 6.45) is 2.01. The second-order valence-corrected chi connectivity index (χ2v) is 2.49. The molecule has 1 aliphatic heterocycles. The Bertz CT molecular complexity index is 92.5. The van der Waals surface area contributed by atoms with Crippen LogP contribution in [-0.2, 0) is 4.79 Å². The van der Waals surface area contributed by atoms with Crippen LogP contribution < -0.4 is 5.32 Å². The summed E-state index contributed by atoms with van der Waals surface area (Å²) in [4.78, 5) is 10.1. The summed E-state index contributed by atoms with van der Waals surface area (Å²) < 4.78 is 0. The van der Waals surface area contributed by atoms with Crippen molar-refractivity contribution in [1.82, 2.24) is 5.32 Å². The highest BCUT2D eigenvalue weighted by Crippen LogP contribution is 2.09. The van der Waals surface area contributed by atoms with Gasteiger partial charge in [0, 0.05) is 0 Å². The summed E-state index contributed by atoms with van der Waals surface area (Å²) in [6.45, 7) is 3.15. The molecule has 1 saturated heterocycles. The Morgan fingerprint density at radius 2 is 2.50 bits per heavy atom. The first kappa shape index (κ1) is 5.76. The molecule has 0 amide bonds. The van der Waals surface area contributed by atoms with Crippen LogP contribution >= 0.6 is 0 Å². The van der Waals surface area contributed by atoms with Gasteiger partial charge in [-0.15, -0.1) is 0 Å². The molecule has 0 aromatic carbocycles. The Balaban J connectivity index is 2.32. The van der Waals surface area contributed by atoms with Crippen molar-refractivity contribution in [1.29, 1.82) is 0 Å². The molecule has 1 rings (SSSR count). The van der Waals surface area contributed by atoms with Crippen LogP contribution in [0.5, 0.6) is 0 Å². The number of hydrogen-bond acceptors (Lipinski definition) is 2. The Labute approximate surface area is 49.3 Å². The summed E-state index contributed by atoms with van der Waals surface area (Å²) in [6, 6.07) is 0.144. The van der Waals surface area contributed by atoms with Gasteiger partial charge in [-0.25, -0.2) is 0 Å². The zero-order valence-corrected chi connectivity index (χ0v) is 5.05. The highest BCUT2D eigenvalue weighted by Gasteiger charge is 2.18. The van der Waals surface area contributed by atoms with Crippen LogP contribution in [-0.4, -0.2) is 18.9 Å². The van der Waals surface area contributed by atoms with E-state index in [0.717, 1.165) is 19.3 Å². The van der Waals surface area contributed by atoms with Crippen molar-refractivity contribution in [3.05, 3.63) is 0 Å². The van der Waals surface area contributed by atoms with Crippen LogP contribution in [0.3, 0.4) is 0 Å². The van der Waals surface area contributed by atoms with Gasteiger partial charge in [-0.3, -0.25) is 0 Å². The average Bonchev–Trinajstić information content (AvgIpc) is 2.14. The van der Waals surface area contributed by atoms with Gasteiger partial charge in [0.2, 0.25) is 0 Å². The Morgan fingerprint density at radius 1 is 1.75 bits per heavy atom. The maximum Gasteiger partial charge on any atom is 0.136 e. The van der Waals surface area contributed by atoms with Gasteiger partial charge < -0.3 is 10.1 Å². The Kier molecular flexibility index (Phi) is 1.63. The third-order valence-electron chi connectivity index (χ3n) is 1.55. The third-order valence-corrected chi connectivity index (χ3v) is 1.55. The van der Waals surface area contributed by atoms with E-state index in [4.69, 9.17) is 0 Å².